The Morgan fingerprint density at radius 2 is 2.18 bits per heavy atom. The van der Waals surface area contributed by atoms with Gasteiger partial charge in [-0.25, -0.2) is 0 Å². The van der Waals surface area contributed by atoms with Crippen molar-refractivity contribution >= 4 is 16.9 Å². The van der Waals surface area contributed by atoms with Gasteiger partial charge in [0, 0.05) is 17.9 Å². The molecule has 0 saturated carbocycles. The number of hydrogen-bond acceptors (Lipinski definition) is 3. The van der Waals surface area contributed by atoms with E-state index in [2.05, 4.69) is 38.0 Å². The summed E-state index contributed by atoms with van der Waals surface area (Å²) in [6.07, 6.45) is 2.35. The molecule has 0 radical (unpaired) electrons. The number of amidine groups is 1. The summed E-state index contributed by atoms with van der Waals surface area (Å²) in [5.74, 6) is 1.16. The minimum Gasteiger partial charge on any atom is -0.374 e. The van der Waals surface area contributed by atoms with Gasteiger partial charge in [0.25, 0.3) is 0 Å². The van der Waals surface area contributed by atoms with E-state index < -0.39 is 0 Å². The zero-order valence-electron chi connectivity index (χ0n) is 11.8. The lowest BCUT2D eigenvalue weighted by atomic mass is 9.96. The van der Waals surface area contributed by atoms with E-state index in [0.29, 0.717) is 0 Å². The van der Waals surface area contributed by atoms with Crippen molar-refractivity contribution in [1.82, 2.24) is 5.32 Å². The molecule has 1 aliphatic heterocycles. The number of hydrogen-bond donors (Lipinski definition) is 1. The average molecular weight is 258 g/mol. The molecule has 1 unspecified atom stereocenters. The van der Waals surface area contributed by atoms with Gasteiger partial charge in [0.1, 0.15) is 0 Å². The molecule has 1 saturated heterocycles. The highest BCUT2D eigenvalue weighted by atomic mass is 32.2. The van der Waals surface area contributed by atoms with Gasteiger partial charge in [-0.3, -0.25) is 4.99 Å². The zero-order chi connectivity index (χ0) is 12.9. The van der Waals surface area contributed by atoms with Crippen LogP contribution >= 0.6 is 11.8 Å². The van der Waals surface area contributed by atoms with Crippen LogP contribution in [0, 0.1) is 0 Å². The van der Waals surface area contributed by atoms with Crippen LogP contribution in [0.5, 0.6) is 0 Å². The molecule has 17 heavy (non-hydrogen) atoms. The Kier molecular flexibility index (Phi) is 5.32. The second-order valence-corrected chi connectivity index (χ2v) is 6.54. The summed E-state index contributed by atoms with van der Waals surface area (Å²) in [4.78, 5) is 4.66. The fraction of sp³-hybridized carbons (Fsp3) is 0.923. The van der Waals surface area contributed by atoms with Crippen molar-refractivity contribution in [2.75, 3.05) is 18.9 Å². The molecule has 0 aromatic rings. The first-order valence-corrected chi connectivity index (χ1v) is 7.49. The molecule has 3 nitrogen and oxygen atoms in total. The van der Waals surface area contributed by atoms with Crippen molar-refractivity contribution in [3.05, 3.63) is 0 Å². The first-order valence-electron chi connectivity index (χ1n) is 6.50. The molecule has 0 bridgehead atoms. The summed E-state index contributed by atoms with van der Waals surface area (Å²) in [6.45, 7) is 12.2. The Bertz CT molecular complexity index is 279. The lowest BCUT2D eigenvalue weighted by Gasteiger charge is -2.35. The third kappa shape index (κ3) is 4.88. The van der Waals surface area contributed by atoms with Gasteiger partial charge in [-0.1, -0.05) is 18.7 Å². The lowest BCUT2D eigenvalue weighted by molar-refractivity contribution is -0.00211. The van der Waals surface area contributed by atoms with Crippen molar-refractivity contribution in [3.8, 4) is 0 Å². The Morgan fingerprint density at radius 1 is 1.47 bits per heavy atom. The highest BCUT2D eigenvalue weighted by molar-refractivity contribution is 8.13. The summed E-state index contributed by atoms with van der Waals surface area (Å²) in [5, 5.41) is 4.63. The van der Waals surface area contributed by atoms with E-state index in [1.807, 2.05) is 18.7 Å². The first-order chi connectivity index (χ1) is 7.91. The molecule has 0 amide bonds. The van der Waals surface area contributed by atoms with Crippen molar-refractivity contribution in [3.63, 3.8) is 0 Å². The molecule has 4 heteroatoms. The number of rotatable bonds is 5. The third-order valence-corrected chi connectivity index (χ3v) is 4.13. The van der Waals surface area contributed by atoms with E-state index in [9.17, 15) is 0 Å². The van der Waals surface area contributed by atoms with Crippen molar-refractivity contribution < 1.29 is 4.74 Å². The van der Waals surface area contributed by atoms with E-state index in [-0.39, 0.29) is 11.1 Å². The molecule has 0 aromatic heterocycles. The molecule has 100 valence electrons. The molecule has 0 spiro atoms. The summed E-state index contributed by atoms with van der Waals surface area (Å²) in [6, 6.07) is 0. The van der Waals surface area contributed by atoms with E-state index in [4.69, 9.17) is 4.74 Å². The highest BCUT2D eigenvalue weighted by Gasteiger charge is 2.28. The SMILES string of the molecule is CCOC(C)(C)CN=C1NC(C)(CC)CCS1. The molecular weight excluding hydrogens is 232 g/mol. The number of nitrogens with one attached hydrogen (secondary N) is 1. The van der Waals surface area contributed by atoms with Crippen molar-refractivity contribution in [1.29, 1.82) is 0 Å². The van der Waals surface area contributed by atoms with E-state index in [1.54, 1.807) is 0 Å². The van der Waals surface area contributed by atoms with Crippen molar-refractivity contribution in [2.24, 2.45) is 4.99 Å². The van der Waals surface area contributed by atoms with Crippen LogP contribution in [0.1, 0.15) is 47.5 Å². The van der Waals surface area contributed by atoms with Gasteiger partial charge in [0.15, 0.2) is 5.17 Å². The van der Waals surface area contributed by atoms with Gasteiger partial charge in [0.2, 0.25) is 0 Å². The molecular formula is C13H26N2OS. The van der Waals surface area contributed by atoms with Crippen LogP contribution < -0.4 is 5.32 Å². The monoisotopic (exact) mass is 258 g/mol. The zero-order valence-corrected chi connectivity index (χ0v) is 12.6. The van der Waals surface area contributed by atoms with Crippen LogP contribution in [0.4, 0.5) is 0 Å². The van der Waals surface area contributed by atoms with Crippen LogP contribution in [0.25, 0.3) is 0 Å². The van der Waals surface area contributed by atoms with Crippen LogP contribution in [0.2, 0.25) is 0 Å². The largest absolute Gasteiger partial charge is 0.374 e. The van der Waals surface area contributed by atoms with Crippen LogP contribution in [0.3, 0.4) is 0 Å². The molecule has 1 N–H and O–H groups in total. The predicted octanol–water partition coefficient (Wildman–Crippen LogP) is 3.05. The van der Waals surface area contributed by atoms with Crippen LogP contribution in [-0.4, -0.2) is 35.2 Å². The molecule has 1 rings (SSSR count). The maximum atomic E-state index is 5.65. The number of aliphatic imine (C=N–C) groups is 1. The minimum atomic E-state index is -0.163. The van der Waals surface area contributed by atoms with Gasteiger partial charge >= 0.3 is 0 Å². The number of nitrogens with zero attached hydrogens (tertiary/aromatic N) is 1. The maximum Gasteiger partial charge on any atom is 0.157 e. The summed E-state index contributed by atoms with van der Waals surface area (Å²) >= 11 is 1.82. The summed E-state index contributed by atoms with van der Waals surface area (Å²) in [7, 11) is 0. The summed E-state index contributed by atoms with van der Waals surface area (Å²) in [5.41, 5.74) is 0.0594. The normalized spacial score (nSPS) is 28.2. The predicted molar refractivity (Wildman–Crippen MR) is 76.9 cm³/mol. The highest BCUT2D eigenvalue weighted by Crippen LogP contribution is 2.25. The second-order valence-electron chi connectivity index (χ2n) is 5.45. The van der Waals surface area contributed by atoms with E-state index >= 15 is 0 Å². The minimum absolute atomic E-state index is 0.163. The molecule has 1 atom stereocenters. The fourth-order valence-corrected chi connectivity index (χ4v) is 3.00. The molecule has 1 heterocycles. The lowest BCUT2D eigenvalue weighted by Crippen LogP contribution is -2.48. The second kappa shape index (κ2) is 6.10. The molecule has 1 fully saturated rings. The standard InChI is InChI=1S/C13H26N2OS/c1-6-13(5)8-9-17-11(15-13)14-10-12(3,4)16-7-2/h6-10H2,1-5H3,(H,14,15). The van der Waals surface area contributed by atoms with Gasteiger partial charge in [-0.2, -0.15) is 0 Å². The van der Waals surface area contributed by atoms with E-state index in [1.165, 1.54) is 6.42 Å². The topological polar surface area (TPSA) is 33.6 Å². The van der Waals surface area contributed by atoms with E-state index in [0.717, 1.165) is 30.5 Å². The number of ether oxygens (including phenoxy) is 1. The number of thioether (sulfide) groups is 1. The smallest absolute Gasteiger partial charge is 0.157 e. The van der Waals surface area contributed by atoms with Gasteiger partial charge in [-0.05, 0) is 40.5 Å². The average Bonchev–Trinajstić information content (AvgIpc) is 2.27. The molecule has 0 aromatic carbocycles. The van der Waals surface area contributed by atoms with Crippen molar-refractivity contribution in [2.45, 2.75) is 58.6 Å². The third-order valence-electron chi connectivity index (χ3n) is 3.22. The maximum absolute atomic E-state index is 5.65. The molecule has 0 aliphatic carbocycles. The Labute approximate surface area is 110 Å². The first kappa shape index (κ1) is 14.8. The van der Waals surface area contributed by atoms with Gasteiger partial charge in [-0.15, -0.1) is 0 Å². The Balaban J connectivity index is 2.55. The Hall–Kier alpha value is -0.220. The van der Waals surface area contributed by atoms with Gasteiger partial charge < -0.3 is 10.1 Å². The van der Waals surface area contributed by atoms with Gasteiger partial charge in [0.05, 0.1) is 12.1 Å². The van der Waals surface area contributed by atoms with Crippen LogP contribution in [0.15, 0.2) is 4.99 Å². The summed E-state index contributed by atoms with van der Waals surface area (Å²) < 4.78 is 5.65. The van der Waals surface area contributed by atoms with Crippen LogP contribution in [-0.2, 0) is 4.74 Å². The quantitative estimate of drug-likeness (QED) is 0.823. The fourth-order valence-electron chi connectivity index (χ4n) is 1.78. The molecule has 1 aliphatic rings. The Morgan fingerprint density at radius 3 is 2.76 bits per heavy atom.